The molecule has 1 saturated heterocycles. The molecular weight excluding hydrogens is 329 g/mol. The molecule has 2 aliphatic rings. The third-order valence-corrected chi connectivity index (χ3v) is 3.95. The lowest BCUT2D eigenvalue weighted by Crippen LogP contribution is -2.24. The Morgan fingerprint density at radius 3 is 3.10 bits per heavy atom. The van der Waals surface area contributed by atoms with E-state index in [2.05, 4.69) is 15.9 Å². The first kappa shape index (κ1) is 14.1. The number of hydrogen-bond donors (Lipinski definition) is 0. The van der Waals surface area contributed by atoms with Gasteiger partial charge < -0.3 is 14.2 Å². The Hall–Kier alpha value is -0.900. The number of nitrogens with zero attached hydrogens (tertiary/aromatic N) is 1. The van der Waals surface area contributed by atoms with Gasteiger partial charge in [-0.2, -0.15) is 5.26 Å². The van der Waals surface area contributed by atoms with Crippen molar-refractivity contribution in [2.24, 2.45) is 5.89 Å². The molecule has 0 spiro atoms. The molecule has 3 atom stereocenters. The Morgan fingerprint density at radius 2 is 2.40 bits per heavy atom. The van der Waals surface area contributed by atoms with E-state index in [0.29, 0.717) is 13.2 Å². The molecular formula is C14H17BrFNO3. The molecule has 0 radical (unpaired) electrons. The molecule has 6 heteroatoms. The fourth-order valence-corrected chi connectivity index (χ4v) is 2.46. The molecule has 2 rings (SSSR count). The van der Waals surface area contributed by atoms with Crippen molar-refractivity contribution >= 4 is 15.9 Å². The topological polar surface area (TPSA) is 51.5 Å². The second-order valence-electron chi connectivity index (χ2n) is 4.49. The first-order valence-electron chi connectivity index (χ1n) is 7.07. The summed E-state index contributed by atoms with van der Waals surface area (Å²) in [5, 5.41) is 8.90. The van der Waals surface area contributed by atoms with Crippen LogP contribution in [0.3, 0.4) is 0 Å². The van der Waals surface area contributed by atoms with Crippen LogP contribution < -0.4 is 0 Å². The summed E-state index contributed by atoms with van der Waals surface area (Å²) in [5.41, 5.74) is 0. The molecule has 1 fully saturated rings. The smallest absolute Gasteiger partial charge is 0.157 e. The van der Waals surface area contributed by atoms with Crippen LogP contribution in [0.2, 0.25) is 0 Å². The fraction of sp³-hybridized carbons (Fsp3) is 0.643. The van der Waals surface area contributed by atoms with E-state index in [-0.39, 0.29) is 18.7 Å². The van der Waals surface area contributed by atoms with Crippen molar-refractivity contribution in [2.75, 3.05) is 19.8 Å². The van der Waals surface area contributed by atoms with Crippen LogP contribution in [-0.2, 0) is 14.2 Å². The molecule has 0 amide bonds. The van der Waals surface area contributed by atoms with Crippen LogP contribution in [0, 0.1) is 17.2 Å². The van der Waals surface area contributed by atoms with Crippen molar-refractivity contribution in [2.45, 2.75) is 30.4 Å². The van der Waals surface area contributed by atoms with Gasteiger partial charge in [-0.1, -0.05) is 22.0 Å². The number of allylic oxidation sites excluding steroid dienone is 3. The highest BCUT2D eigenvalue weighted by Crippen LogP contribution is 2.31. The van der Waals surface area contributed by atoms with Crippen molar-refractivity contribution in [3.05, 3.63) is 23.7 Å². The van der Waals surface area contributed by atoms with Crippen LogP contribution >= 0.6 is 15.9 Å². The van der Waals surface area contributed by atoms with Gasteiger partial charge >= 0.3 is 0 Å². The van der Waals surface area contributed by atoms with E-state index in [1.807, 2.05) is 0 Å². The van der Waals surface area contributed by atoms with Gasteiger partial charge in [-0.15, -0.1) is 0 Å². The van der Waals surface area contributed by atoms with Gasteiger partial charge in [0.2, 0.25) is 0 Å². The maximum Gasteiger partial charge on any atom is 0.157 e. The number of hydrogen-bond acceptors (Lipinski definition) is 4. The summed E-state index contributed by atoms with van der Waals surface area (Å²) in [4.78, 5) is -1.03. The average molecular weight is 347 g/mol. The number of rotatable bonds is 5. The van der Waals surface area contributed by atoms with Crippen molar-refractivity contribution in [3.8, 4) is 6.07 Å². The fourth-order valence-electron chi connectivity index (χ4n) is 1.98. The second kappa shape index (κ2) is 7.77. The van der Waals surface area contributed by atoms with Crippen molar-refractivity contribution in [3.63, 3.8) is 0 Å². The molecule has 4 nitrogen and oxygen atoms in total. The number of nitriles is 1. The molecule has 0 saturated carbocycles. The largest absolute Gasteiger partial charge is 0.488 e. The van der Waals surface area contributed by atoms with Crippen LogP contribution in [0.15, 0.2) is 23.7 Å². The summed E-state index contributed by atoms with van der Waals surface area (Å²) in [6, 6.07) is 1.75. The molecule has 1 heterocycles. The van der Waals surface area contributed by atoms with Gasteiger partial charge in [0, 0.05) is 6.61 Å². The maximum absolute atomic E-state index is 14.0. The number of alkyl halides is 1. The predicted molar refractivity (Wildman–Crippen MR) is 74.6 cm³/mol. The molecule has 3 unspecified atom stereocenters. The highest BCUT2D eigenvalue weighted by Gasteiger charge is 2.27. The Bertz CT molecular complexity index is 473. The van der Waals surface area contributed by atoms with Gasteiger partial charge in [0.05, 0.1) is 24.8 Å². The first-order chi connectivity index (χ1) is 10.1. The molecule has 110 valence electrons. The second-order valence-corrected chi connectivity index (χ2v) is 5.41. The van der Waals surface area contributed by atoms with Crippen LogP contribution in [0.5, 0.6) is 0 Å². The molecule has 0 bridgehead atoms. The van der Waals surface area contributed by atoms with E-state index in [1.54, 1.807) is 6.07 Å². The number of ether oxygens (including phenoxy) is 3. The summed E-state index contributed by atoms with van der Waals surface area (Å²) in [7, 11) is 0. The first-order valence-corrected chi connectivity index (χ1v) is 7.48. The van der Waals surface area contributed by atoms with Crippen molar-refractivity contribution < 1.29 is 20.0 Å². The maximum atomic E-state index is 14.0. The third kappa shape index (κ3) is 4.05. The minimum Gasteiger partial charge on any atom is -0.488 e. The van der Waals surface area contributed by atoms with Gasteiger partial charge in [-0.05, 0) is 25.3 Å². The lowest BCUT2D eigenvalue weighted by atomic mass is 10.0. The molecule has 0 aromatic rings. The van der Waals surface area contributed by atoms with Crippen LogP contribution in [-0.4, -0.2) is 30.9 Å². The zero-order valence-corrected chi connectivity index (χ0v) is 12.6. The zero-order chi connectivity index (χ0) is 15.3. The lowest BCUT2D eigenvalue weighted by Gasteiger charge is -2.23. The summed E-state index contributed by atoms with van der Waals surface area (Å²) in [5.74, 6) is -2.27. The van der Waals surface area contributed by atoms with Crippen LogP contribution in [0.4, 0.5) is 4.39 Å². The van der Waals surface area contributed by atoms with Gasteiger partial charge in [-0.3, -0.25) is 0 Å². The highest BCUT2D eigenvalue weighted by molar-refractivity contribution is 9.09. The molecule has 0 aromatic carbocycles. The van der Waals surface area contributed by atoms with Crippen molar-refractivity contribution in [1.82, 2.24) is 0 Å². The SMILES string of the molecule is [2H]C1(C#N)C=CC(OCCOC2CCCCO2)=C(F)C1Br. The quantitative estimate of drug-likeness (QED) is 0.566. The normalized spacial score (nSPS) is 34.5. The molecule has 0 aromatic heterocycles. The molecule has 20 heavy (non-hydrogen) atoms. The highest BCUT2D eigenvalue weighted by atomic mass is 79.9. The third-order valence-electron chi connectivity index (χ3n) is 3.06. The van der Waals surface area contributed by atoms with E-state index < -0.39 is 16.5 Å². The molecule has 1 aliphatic carbocycles. The zero-order valence-electron chi connectivity index (χ0n) is 12.0. The van der Waals surface area contributed by atoms with E-state index in [0.717, 1.165) is 19.3 Å². The van der Waals surface area contributed by atoms with Gasteiger partial charge in [0.15, 0.2) is 17.9 Å². The van der Waals surface area contributed by atoms with Crippen molar-refractivity contribution in [1.29, 1.82) is 5.26 Å². The Kier molecular flexibility index (Phi) is 5.46. The van der Waals surface area contributed by atoms with E-state index in [1.165, 1.54) is 12.2 Å². The molecule has 1 aliphatic heterocycles. The minimum atomic E-state index is -1.65. The average Bonchev–Trinajstić information content (AvgIpc) is 2.52. The minimum absolute atomic E-state index is 0.0307. The van der Waals surface area contributed by atoms with Gasteiger partial charge in [-0.25, -0.2) is 4.39 Å². The predicted octanol–water partition coefficient (Wildman–Crippen LogP) is 3.20. The Morgan fingerprint density at radius 1 is 1.55 bits per heavy atom. The monoisotopic (exact) mass is 346 g/mol. The van der Waals surface area contributed by atoms with Gasteiger partial charge in [0.1, 0.15) is 6.61 Å². The summed E-state index contributed by atoms with van der Waals surface area (Å²) >= 11 is 3.02. The summed E-state index contributed by atoms with van der Waals surface area (Å²) in [6.45, 7) is 1.19. The lowest BCUT2D eigenvalue weighted by molar-refractivity contribution is -0.167. The summed E-state index contributed by atoms with van der Waals surface area (Å²) < 4.78 is 38.0. The van der Waals surface area contributed by atoms with Gasteiger partial charge in [0.25, 0.3) is 0 Å². The van der Waals surface area contributed by atoms with E-state index in [9.17, 15) is 4.39 Å². The Labute approximate surface area is 127 Å². The summed E-state index contributed by atoms with van der Waals surface area (Å²) in [6.07, 6.45) is 5.44. The van der Waals surface area contributed by atoms with E-state index >= 15 is 0 Å². The molecule has 0 N–H and O–H groups in total. The standard InChI is InChI=1S/C14H17BrFNO3/c15-13-10(9-17)4-5-11(14(13)16)18-7-8-20-12-3-1-2-6-19-12/h4-5,10,12-13H,1-3,6-8H2/i10D. The Balaban J connectivity index is 1.78. The van der Waals surface area contributed by atoms with Crippen LogP contribution in [0.1, 0.15) is 20.6 Å². The van der Waals surface area contributed by atoms with Crippen LogP contribution in [0.25, 0.3) is 0 Å². The van der Waals surface area contributed by atoms with E-state index in [4.69, 9.17) is 20.8 Å². The number of halogens is 2.